The second-order valence-electron chi connectivity index (χ2n) is 19.7. The minimum Gasteiger partial charge on any atom is -0.462 e. The maximum atomic E-state index is 12.3. The molecule has 0 rings (SSSR count). The van der Waals surface area contributed by atoms with E-state index < -0.39 is 6.10 Å². The second-order valence-corrected chi connectivity index (χ2v) is 19.7. The molecule has 0 fully saturated rings. The highest BCUT2D eigenvalue weighted by Gasteiger charge is 2.16. The van der Waals surface area contributed by atoms with Gasteiger partial charge in [0.25, 0.3) is 0 Å². The van der Waals surface area contributed by atoms with Crippen molar-refractivity contribution in [2.75, 3.05) is 13.2 Å². The highest BCUT2D eigenvalue weighted by molar-refractivity contribution is 5.70. The Labute approximate surface area is 417 Å². The van der Waals surface area contributed by atoms with E-state index in [1.54, 1.807) is 0 Å². The zero-order chi connectivity index (χ0) is 48.5. The van der Waals surface area contributed by atoms with E-state index in [1.165, 1.54) is 212 Å². The fourth-order valence-electron chi connectivity index (χ4n) is 8.59. The van der Waals surface area contributed by atoms with Gasteiger partial charge in [-0.05, 0) is 83.5 Å². The second kappa shape index (κ2) is 57.9. The van der Waals surface area contributed by atoms with Gasteiger partial charge in [0.05, 0.1) is 6.61 Å². The Morgan fingerprint density at radius 2 is 0.597 bits per heavy atom. The molecule has 0 saturated heterocycles. The molecule has 0 aliphatic heterocycles. The first kappa shape index (κ1) is 64.6. The van der Waals surface area contributed by atoms with Crippen LogP contribution in [0.25, 0.3) is 0 Å². The first-order valence-electron chi connectivity index (χ1n) is 29.3. The Kier molecular flexibility index (Phi) is 55.8. The van der Waals surface area contributed by atoms with Crippen molar-refractivity contribution in [3.63, 3.8) is 0 Å². The minimum absolute atomic E-state index is 0.0712. The number of unbranched alkanes of at least 4 members (excludes halogenated alkanes) is 36. The molecule has 1 atom stereocenters. The van der Waals surface area contributed by atoms with Gasteiger partial charge < -0.3 is 14.6 Å². The average molecular weight is 938 g/mol. The standard InChI is InChI=1S/C62H112O5/c1-3-5-7-9-11-13-15-17-19-21-22-23-24-25-26-27-28-29-30-31-32-33-34-35-36-37-38-39-40-41-43-45-47-49-51-53-55-57-62(65)67-60(58-63)59-66-61(64)56-54-52-50-48-46-44-42-20-18-16-14-12-10-8-6-4-2/h14-17,20-22,24-25,42,60,63H,3-13,18-19,23,26-41,43-59H2,1-2H3/b16-14-,17-15-,22-21-,25-24-,42-20-. The van der Waals surface area contributed by atoms with Crippen molar-refractivity contribution in [1.29, 1.82) is 0 Å². The molecule has 0 aliphatic rings. The van der Waals surface area contributed by atoms with Crippen LogP contribution in [0.3, 0.4) is 0 Å². The number of allylic oxidation sites excluding steroid dienone is 10. The maximum absolute atomic E-state index is 12.3. The van der Waals surface area contributed by atoms with E-state index in [0.717, 1.165) is 64.2 Å². The summed E-state index contributed by atoms with van der Waals surface area (Å²) in [5.74, 6) is -0.596. The lowest BCUT2D eigenvalue weighted by atomic mass is 10.0. The van der Waals surface area contributed by atoms with Crippen LogP contribution in [-0.4, -0.2) is 36.4 Å². The summed E-state index contributed by atoms with van der Waals surface area (Å²) in [5, 5.41) is 9.64. The average Bonchev–Trinajstić information content (AvgIpc) is 3.33. The lowest BCUT2D eigenvalue weighted by Gasteiger charge is -2.15. The van der Waals surface area contributed by atoms with Gasteiger partial charge in [-0.25, -0.2) is 0 Å². The highest BCUT2D eigenvalue weighted by Crippen LogP contribution is 2.17. The van der Waals surface area contributed by atoms with Gasteiger partial charge in [-0.1, -0.05) is 267 Å². The van der Waals surface area contributed by atoms with Crippen LogP contribution in [0.5, 0.6) is 0 Å². The fourth-order valence-corrected chi connectivity index (χ4v) is 8.59. The summed E-state index contributed by atoms with van der Waals surface area (Å²) < 4.78 is 10.7. The molecule has 1 N–H and O–H groups in total. The molecule has 0 bridgehead atoms. The van der Waals surface area contributed by atoms with E-state index in [9.17, 15) is 14.7 Å². The number of ether oxygens (including phenoxy) is 2. The molecular weight excluding hydrogens is 825 g/mol. The molecule has 67 heavy (non-hydrogen) atoms. The first-order valence-corrected chi connectivity index (χ1v) is 29.3. The molecule has 0 heterocycles. The third kappa shape index (κ3) is 56.1. The molecule has 0 amide bonds. The van der Waals surface area contributed by atoms with Crippen molar-refractivity contribution < 1.29 is 24.2 Å². The number of rotatable bonds is 54. The van der Waals surface area contributed by atoms with Gasteiger partial charge in [0.2, 0.25) is 0 Å². The van der Waals surface area contributed by atoms with Crippen molar-refractivity contribution in [2.24, 2.45) is 0 Å². The van der Waals surface area contributed by atoms with E-state index in [2.05, 4.69) is 74.6 Å². The predicted octanol–water partition coefficient (Wildman–Crippen LogP) is 19.8. The number of carbonyl (C=O) groups excluding carboxylic acids is 2. The number of hydrogen-bond acceptors (Lipinski definition) is 5. The number of aliphatic hydroxyl groups excluding tert-OH is 1. The van der Waals surface area contributed by atoms with Gasteiger partial charge in [-0.2, -0.15) is 0 Å². The molecule has 0 aliphatic carbocycles. The van der Waals surface area contributed by atoms with Crippen LogP contribution < -0.4 is 0 Å². The predicted molar refractivity (Wildman–Crippen MR) is 293 cm³/mol. The van der Waals surface area contributed by atoms with E-state index >= 15 is 0 Å². The maximum Gasteiger partial charge on any atom is 0.306 e. The highest BCUT2D eigenvalue weighted by atomic mass is 16.6. The normalized spacial score (nSPS) is 12.6. The molecule has 0 radical (unpaired) electrons. The smallest absolute Gasteiger partial charge is 0.306 e. The Hall–Kier alpha value is -2.40. The zero-order valence-electron chi connectivity index (χ0n) is 44.7. The Bertz CT molecular complexity index is 1150. The molecular formula is C62H112O5. The largest absolute Gasteiger partial charge is 0.462 e. The Balaban J connectivity index is 3.42. The van der Waals surface area contributed by atoms with Crippen LogP contribution in [0.4, 0.5) is 0 Å². The summed E-state index contributed by atoms with van der Waals surface area (Å²) >= 11 is 0. The van der Waals surface area contributed by atoms with Crippen LogP contribution in [0.15, 0.2) is 60.8 Å². The van der Waals surface area contributed by atoms with Gasteiger partial charge in [0, 0.05) is 12.8 Å². The molecule has 0 aromatic carbocycles. The SMILES string of the molecule is CCCCCC/C=C\C/C=C\CCCCCCCC(=O)OCC(CO)OC(=O)CCCCCCCCCCCCCCCCCCCCCCCC/C=C\C/C=C\C/C=C\CCCCCCC. The molecule has 0 spiro atoms. The topological polar surface area (TPSA) is 72.8 Å². The molecule has 5 nitrogen and oxygen atoms in total. The van der Waals surface area contributed by atoms with Crippen molar-refractivity contribution in [3.05, 3.63) is 60.8 Å². The third-order valence-corrected chi connectivity index (χ3v) is 13.0. The van der Waals surface area contributed by atoms with Gasteiger partial charge in [-0.15, -0.1) is 0 Å². The number of hydrogen-bond donors (Lipinski definition) is 1. The summed E-state index contributed by atoms with van der Waals surface area (Å²) in [7, 11) is 0. The monoisotopic (exact) mass is 937 g/mol. The molecule has 390 valence electrons. The van der Waals surface area contributed by atoms with Gasteiger partial charge >= 0.3 is 11.9 Å². The summed E-state index contributed by atoms with van der Waals surface area (Å²) in [6.45, 7) is 4.12. The van der Waals surface area contributed by atoms with E-state index in [1.807, 2.05) is 0 Å². The van der Waals surface area contributed by atoms with Crippen molar-refractivity contribution in [3.8, 4) is 0 Å². The van der Waals surface area contributed by atoms with Gasteiger partial charge in [0.15, 0.2) is 6.10 Å². The fraction of sp³-hybridized carbons (Fsp3) is 0.806. The van der Waals surface area contributed by atoms with Crippen LogP contribution in [0.1, 0.15) is 303 Å². The number of esters is 2. The quantitative estimate of drug-likeness (QED) is 0.0374. The van der Waals surface area contributed by atoms with E-state index in [4.69, 9.17) is 9.47 Å². The number of carbonyl (C=O) groups is 2. The van der Waals surface area contributed by atoms with Crippen molar-refractivity contribution in [1.82, 2.24) is 0 Å². The number of aliphatic hydroxyl groups is 1. The summed E-state index contributed by atoms with van der Waals surface area (Å²) in [4.78, 5) is 24.5. The van der Waals surface area contributed by atoms with Crippen molar-refractivity contribution in [2.45, 2.75) is 309 Å². The third-order valence-electron chi connectivity index (χ3n) is 13.0. The van der Waals surface area contributed by atoms with Gasteiger partial charge in [0.1, 0.15) is 6.61 Å². The van der Waals surface area contributed by atoms with E-state index in [0.29, 0.717) is 12.8 Å². The zero-order valence-corrected chi connectivity index (χ0v) is 44.7. The van der Waals surface area contributed by atoms with Crippen LogP contribution >= 0.6 is 0 Å². The minimum atomic E-state index is -0.777. The molecule has 1 unspecified atom stereocenters. The molecule has 0 aromatic heterocycles. The van der Waals surface area contributed by atoms with Crippen molar-refractivity contribution >= 4 is 11.9 Å². The lowest BCUT2D eigenvalue weighted by molar-refractivity contribution is -0.161. The molecule has 0 saturated carbocycles. The summed E-state index contributed by atoms with van der Waals surface area (Å²) in [5.41, 5.74) is 0. The summed E-state index contributed by atoms with van der Waals surface area (Å²) in [6.07, 6.45) is 77.9. The Morgan fingerprint density at radius 1 is 0.343 bits per heavy atom. The lowest BCUT2D eigenvalue weighted by Crippen LogP contribution is -2.28. The summed E-state index contributed by atoms with van der Waals surface area (Å²) in [6, 6.07) is 0. The van der Waals surface area contributed by atoms with Crippen LogP contribution in [0, 0.1) is 0 Å². The van der Waals surface area contributed by atoms with Crippen LogP contribution in [-0.2, 0) is 19.1 Å². The Morgan fingerprint density at radius 3 is 0.910 bits per heavy atom. The van der Waals surface area contributed by atoms with E-state index in [-0.39, 0.29) is 25.2 Å². The van der Waals surface area contributed by atoms with Crippen LogP contribution in [0.2, 0.25) is 0 Å². The van der Waals surface area contributed by atoms with Gasteiger partial charge in [-0.3, -0.25) is 9.59 Å². The molecule has 0 aromatic rings. The molecule has 5 heteroatoms. The first-order chi connectivity index (χ1) is 33.1.